The molecule has 24 heavy (non-hydrogen) atoms. The molecule has 1 saturated heterocycles. The van der Waals surface area contributed by atoms with Gasteiger partial charge in [0.1, 0.15) is 0 Å². The molecule has 0 bridgehead atoms. The molecule has 3 N–H and O–H groups in total. The molecule has 2 aromatic rings. The fraction of sp³-hybridized carbons (Fsp3) is 0.438. The highest BCUT2D eigenvalue weighted by atomic mass is 16.6. The second kappa shape index (κ2) is 6.77. The summed E-state index contributed by atoms with van der Waals surface area (Å²) >= 11 is 0. The average molecular weight is 332 g/mol. The summed E-state index contributed by atoms with van der Waals surface area (Å²) in [5.41, 5.74) is 1.64. The van der Waals surface area contributed by atoms with Crippen LogP contribution in [0.4, 0.5) is 10.5 Å². The molecule has 2 heterocycles. The average Bonchev–Trinajstić information content (AvgIpc) is 2.94. The minimum Gasteiger partial charge on any atom is -0.450 e. The van der Waals surface area contributed by atoms with Crippen LogP contribution in [0.1, 0.15) is 19.8 Å². The number of nitrogens with zero attached hydrogens (tertiary/aromatic N) is 1. The molecule has 8 nitrogen and oxygen atoms in total. The van der Waals surface area contributed by atoms with Gasteiger partial charge in [-0.3, -0.25) is 4.79 Å². The lowest BCUT2D eigenvalue weighted by molar-refractivity contribution is -0.121. The highest BCUT2D eigenvalue weighted by Crippen LogP contribution is 2.20. The third kappa shape index (κ3) is 3.42. The van der Waals surface area contributed by atoms with Gasteiger partial charge in [0.15, 0.2) is 0 Å². The van der Waals surface area contributed by atoms with E-state index < -0.39 is 0 Å². The van der Waals surface area contributed by atoms with Crippen LogP contribution in [0.2, 0.25) is 0 Å². The number of hydrogen-bond acceptors (Lipinski definition) is 4. The molecule has 1 atom stereocenters. The summed E-state index contributed by atoms with van der Waals surface area (Å²) in [6, 6.07) is 5.17. The topological polar surface area (TPSA) is 107 Å². The minimum atomic E-state index is -0.374. The molecule has 8 heteroatoms. The fourth-order valence-electron chi connectivity index (χ4n) is 2.93. The maximum Gasteiger partial charge on any atom is 0.409 e. The van der Waals surface area contributed by atoms with Crippen molar-refractivity contribution in [3.8, 4) is 0 Å². The first-order valence-corrected chi connectivity index (χ1v) is 8.01. The summed E-state index contributed by atoms with van der Waals surface area (Å²) in [6.07, 6.45) is 1.12. The number of aromatic amines is 2. The molecule has 2 amide bonds. The van der Waals surface area contributed by atoms with Gasteiger partial charge in [0, 0.05) is 18.8 Å². The lowest BCUT2D eigenvalue weighted by atomic mass is 9.97. The molecule has 1 aromatic heterocycles. The van der Waals surface area contributed by atoms with Gasteiger partial charge in [0.05, 0.1) is 23.6 Å². The van der Waals surface area contributed by atoms with E-state index in [9.17, 15) is 14.4 Å². The number of amides is 2. The largest absolute Gasteiger partial charge is 0.450 e. The highest BCUT2D eigenvalue weighted by molar-refractivity contribution is 5.94. The number of anilines is 1. The van der Waals surface area contributed by atoms with Gasteiger partial charge in [-0.1, -0.05) is 0 Å². The zero-order valence-electron chi connectivity index (χ0n) is 13.4. The highest BCUT2D eigenvalue weighted by Gasteiger charge is 2.29. The predicted molar refractivity (Wildman–Crippen MR) is 88.9 cm³/mol. The number of ether oxygens (including phenoxy) is 1. The van der Waals surface area contributed by atoms with Crippen LogP contribution in [-0.2, 0) is 9.53 Å². The van der Waals surface area contributed by atoms with Crippen molar-refractivity contribution >= 4 is 28.7 Å². The molecule has 0 saturated carbocycles. The van der Waals surface area contributed by atoms with E-state index in [0.29, 0.717) is 36.4 Å². The van der Waals surface area contributed by atoms with Gasteiger partial charge < -0.3 is 24.9 Å². The van der Waals surface area contributed by atoms with Gasteiger partial charge >= 0.3 is 11.8 Å². The molecule has 1 aromatic carbocycles. The molecule has 3 rings (SSSR count). The Morgan fingerprint density at radius 2 is 2.12 bits per heavy atom. The number of fused-ring (bicyclic) bond motifs is 1. The quantitative estimate of drug-likeness (QED) is 0.794. The minimum absolute atomic E-state index is 0.138. The zero-order chi connectivity index (χ0) is 17.1. The van der Waals surface area contributed by atoms with Crippen molar-refractivity contribution in [2.24, 2.45) is 5.92 Å². The van der Waals surface area contributed by atoms with Gasteiger partial charge in [-0.25, -0.2) is 9.59 Å². The van der Waals surface area contributed by atoms with E-state index in [-0.39, 0.29) is 23.6 Å². The molecule has 1 unspecified atom stereocenters. The Morgan fingerprint density at radius 3 is 2.92 bits per heavy atom. The Hall–Kier alpha value is -2.77. The Morgan fingerprint density at radius 1 is 1.33 bits per heavy atom. The van der Waals surface area contributed by atoms with E-state index in [0.717, 1.165) is 12.8 Å². The summed E-state index contributed by atoms with van der Waals surface area (Å²) in [4.78, 5) is 42.4. The first kappa shape index (κ1) is 16.1. The van der Waals surface area contributed by atoms with Crippen molar-refractivity contribution < 1.29 is 14.3 Å². The number of aromatic nitrogens is 2. The Labute approximate surface area is 138 Å². The first-order valence-electron chi connectivity index (χ1n) is 8.01. The number of hydrogen-bond donors (Lipinski definition) is 3. The van der Waals surface area contributed by atoms with E-state index in [1.165, 1.54) is 0 Å². The number of rotatable bonds is 3. The van der Waals surface area contributed by atoms with Crippen LogP contribution in [0.15, 0.2) is 23.0 Å². The van der Waals surface area contributed by atoms with E-state index in [2.05, 4.69) is 15.3 Å². The maximum absolute atomic E-state index is 12.5. The molecule has 1 fully saturated rings. The second-order valence-electron chi connectivity index (χ2n) is 5.81. The Bertz CT molecular complexity index is 810. The lowest BCUT2D eigenvalue weighted by Crippen LogP contribution is -2.44. The number of benzene rings is 1. The lowest BCUT2D eigenvalue weighted by Gasteiger charge is -2.31. The number of piperidine rings is 1. The summed E-state index contributed by atoms with van der Waals surface area (Å²) < 4.78 is 5.00. The van der Waals surface area contributed by atoms with Crippen LogP contribution in [-0.4, -0.2) is 46.6 Å². The number of carbonyl (C=O) groups is 2. The third-order valence-corrected chi connectivity index (χ3v) is 4.10. The van der Waals surface area contributed by atoms with E-state index >= 15 is 0 Å². The SMILES string of the molecule is CCOC(=O)N1CCCC(C(=O)Nc2ccc3[nH]c(=O)[nH]c3c2)C1. The molecule has 1 aliphatic heterocycles. The van der Waals surface area contributed by atoms with Gasteiger partial charge in [-0.15, -0.1) is 0 Å². The molecular weight excluding hydrogens is 312 g/mol. The van der Waals surface area contributed by atoms with Crippen molar-refractivity contribution in [1.82, 2.24) is 14.9 Å². The summed E-state index contributed by atoms with van der Waals surface area (Å²) in [7, 11) is 0. The Kier molecular flexibility index (Phi) is 4.54. The molecule has 128 valence electrons. The van der Waals surface area contributed by atoms with Crippen molar-refractivity contribution in [3.05, 3.63) is 28.7 Å². The molecule has 0 radical (unpaired) electrons. The maximum atomic E-state index is 12.5. The van der Waals surface area contributed by atoms with Crippen LogP contribution in [0.3, 0.4) is 0 Å². The van der Waals surface area contributed by atoms with Crippen molar-refractivity contribution in [2.45, 2.75) is 19.8 Å². The van der Waals surface area contributed by atoms with Crippen molar-refractivity contribution in [2.75, 3.05) is 25.0 Å². The number of likely N-dealkylation sites (tertiary alicyclic amines) is 1. The normalized spacial score (nSPS) is 17.7. The zero-order valence-corrected chi connectivity index (χ0v) is 13.4. The molecule has 1 aliphatic rings. The molecule has 0 spiro atoms. The number of imidazole rings is 1. The summed E-state index contributed by atoms with van der Waals surface area (Å²) in [5.74, 6) is -0.412. The van der Waals surface area contributed by atoms with Crippen LogP contribution in [0.25, 0.3) is 11.0 Å². The molecule has 0 aliphatic carbocycles. The van der Waals surface area contributed by atoms with Crippen molar-refractivity contribution in [3.63, 3.8) is 0 Å². The van der Waals surface area contributed by atoms with Crippen LogP contribution in [0.5, 0.6) is 0 Å². The van der Waals surface area contributed by atoms with E-state index in [1.54, 1.807) is 30.0 Å². The van der Waals surface area contributed by atoms with Gasteiger partial charge in [0.25, 0.3) is 0 Å². The van der Waals surface area contributed by atoms with Crippen LogP contribution < -0.4 is 11.0 Å². The first-order chi connectivity index (χ1) is 11.6. The number of H-pyrrole nitrogens is 2. The summed E-state index contributed by atoms with van der Waals surface area (Å²) in [5, 5.41) is 2.85. The van der Waals surface area contributed by atoms with E-state index in [1.807, 2.05) is 0 Å². The monoisotopic (exact) mass is 332 g/mol. The van der Waals surface area contributed by atoms with E-state index in [4.69, 9.17) is 4.74 Å². The van der Waals surface area contributed by atoms with Crippen molar-refractivity contribution in [1.29, 1.82) is 0 Å². The fourth-order valence-corrected chi connectivity index (χ4v) is 2.93. The number of carbonyl (C=O) groups excluding carboxylic acids is 2. The number of nitrogens with one attached hydrogen (secondary N) is 3. The van der Waals surface area contributed by atoms with Gasteiger partial charge in [-0.2, -0.15) is 0 Å². The molecular formula is C16H20N4O4. The predicted octanol–water partition coefficient (Wildman–Crippen LogP) is 1.66. The van der Waals surface area contributed by atoms with Gasteiger partial charge in [0.2, 0.25) is 5.91 Å². The van der Waals surface area contributed by atoms with Crippen LogP contribution in [0, 0.1) is 5.92 Å². The van der Waals surface area contributed by atoms with Gasteiger partial charge in [-0.05, 0) is 38.0 Å². The Balaban J connectivity index is 1.66. The standard InChI is InChI=1S/C16H20N4O4/c1-2-24-16(23)20-7-3-4-10(9-20)14(21)17-11-5-6-12-13(8-11)19-15(22)18-12/h5-6,8,10H,2-4,7,9H2,1H3,(H,17,21)(H2,18,19,22). The third-order valence-electron chi connectivity index (χ3n) is 4.10. The second-order valence-corrected chi connectivity index (χ2v) is 5.81. The van der Waals surface area contributed by atoms with Crippen LogP contribution >= 0.6 is 0 Å². The smallest absolute Gasteiger partial charge is 0.409 e. The summed E-state index contributed by atoms with van der Waals surface area (Å²) in [6.45, 7) is 3.04.